The number of esters is 1. The summed E-state index contributed by atoms with van der Waals surface area (Å²) in [7, 11) is 1.50. The van der Waals surface area contributed by atoms with Gasteiger partial charge in [-0.25, -0.2) is 0 Å². The van der Waals surface area contributed by atoms with Crippen LogP contribution in [0.15, 0.2) is 54.6 Å². The lowest BCUT2D eigenvalue weighted by Crippen LogP contribution is -2.25. The van der Waals surface area contributed by atoms with Gasteiger partial charge in [-0.05, 0) is 60.1 Å². The van der Waals surface area contributed by atoms with Crippen LogP contribution in [-0.4, -0.2) is 36.1 Å². The number of likely N-dealkylation sites (tertiary alicyclic amines) is 1. The quantitative estimate of drug-likeness (QED) is 0.371. The van der Waals surface area contributed by atoms with Gasteiger partial charge in [-0.1, -0.05) is 69.3 Å². The SMILES string of the molecule is CCc1cccc(CC)c1-c1cc(CC)c(C2CN(Cc3ccccc3)CC2C(=O)OC)c(C)n1. The summed E-state index contributed by atoms with van der Waals surface area (Å²) in [6.07, 6.45) is 2.87. The lowest BCUT2D eigenvalue weighted by atomic mass is 9.83. The Hall–Kier alpha value is -2.98. The molecule has 1 aliphatic rings. The van der Waals surface area contributed by atoms with E-state index in [1.54, 1.807) is 0 Å². The Labute approximate surface area is 210 Å². The second-order valence-corrected chi connectivity index (χ2v) is 9.59. The molecule has 2 aromatic carbocycles. The number of hydrogen-bond acceptors (Lipinski definition) is 4. The second kappa shape index (κ2) is 11.2. The van der Waals surface area contributed by atoms with Gasteiger partial charge in [-0.15, -0.1) is 0 Å². The molecule has 0 spiro atoms. The van der Waals surface area contributed by atoms with Crippen molar-refractivity contribution in [3.05, 3.63) is 88.1 Å². The fourth-order valence-electron chi connectivity index (χ4n) is 5.79. The third kappa shape index (κ3) is 5.18. The summed E-state index contributed by atoms with van der Waals surface area (Å²) in [6, 6.07) is 19.4. The highest BCUT2D eigenvalue weighted by Crippen LogP contribution is 2.39. The molecule has 3 aromatic rings. The molecule has 4 nitrogen and oxygen atoms in total. The Kier molecular flexibility index (Phi) is 8.02. The van der Waals surface area contributed by atoms with Gasteiger partial charge < -0.3 is 4.74 Å². The van der Waals surface area contributed by atoms with Crippen molar-refractivity contribution < 1.29 is 9.53 Å². The number of pyridine rings is 1. The number of aromatic nitrogens is 1. The summed E-state index contributed by atoms with van der Waals surface area (Å²) < 4.78 is 5.27. The van der Waals surface area contributed by atoms with Gasteiger partial charge in [0, 0.05) is 36.8 Å². The standard InChI is InChI=1S/C31H38N2O2/c1-6-23-15-12-16-24(7-2)30(23)28-17-25(8-3)29(21(4)32-28)26-19-33(20-27(26)31(34)35-5)18-22-13-10-9-11-14-22/h9-17,26-27H,6-8,18-20H2,1-5H3. The number of nitrogens with zero attached hydrogens (tertiary/aromatic N) is 2. The van der Waals surface area contributed by atoms with Crippen molar-refractivity contribution in [3.8, 4) is 11.3 Å². The maximum Gasteiger partial charge on any atom is 0.310 e. The van der Waals surface area contributed by atoms with Gasteiger partial charge in [0.2, 0.25) is 0 Å². The summed E-state index contributed by atoms with van der Waals surface area (Å²) in [5.41, 5.74) is 9.85. The predicted octanol–water partition coefficient (Wildman–Crippen LogP) is 6.13. The van der Waals surface area contributed by atoms with Crippen LogP contribution in [0.2, 0.25) is 0 Å². The van der Waals surface area contributed by atoms with E-state index >= 15 is 0 Å². The summed E-state index contributed by atoms with van der Waals surface area (Å²) in [4.78, 5) is 20.4. The monoisotopic (exact) mass is 470 g/mol. The van der Waals surface area contributed by atoms with E-state index in [1.165, 1.54) is 40.5 Å². The Bertz CT molecular complexity index is 1150. The van der Waals surface area contributed by atoms with Crippen LogP contribution < -0.4 is 0 Å². The summed E-state index contributed by atoms with van der Waals surface area (Å²) in [6.45, 7) is 11.1. The average Bonchev–Trinajstić information content (AvgIpc) is 3.30. The van der Waals surface area contributed by atoms with Gasteiger partial charge >= 0.3 is 5.97 Å². The van der Waals surface area contributed by atoms with Gasteiger partial charge in [0.05, 0.1) is 18.7 Å². The molecule has 1 aromatic heterocycles. The van der Waals surface area contributed by atoms with Crippen LogP contribution in [0.1, 0.15) is 60.2 Å². The van der Waals surface area contributed by atoms with Crippen LogP contribution in [0.25, 0.3) is 11.3 Å². The number of carbonyl (C=O) groups is 1. The van der Waals surface area contributed by atoms with Crippen LogP contribution in [0.3, 0.4) is 0 Å². The third-order valence-electron chi connectivity index (χ3n) is 7.49. The number of ether oxygens (including phenoxy) is 1. The first kappa shape index (κ1) is 25.1. The van der Waals surface area contributed by atoms with Gasteiger partial charge in [0.25, 0.3) is 0 Å². The number of aryl methyl sites for hydroxylation is 4. The minimum atomic E-state index is -0.186. The van der Waals surface area contributed by atoms with E-state index in [1.807, 2.05) is 6.07 Å². The van der Waals surface area contributed by atoms with Crippen LogP contribution in [0.4, 0.5) is 0 Å². The molecular formula is C31H38N2O2. The summed E-state index contributed by atoms with van der Waals surface area (Å²) in [5, 5.41) is 0. The largest absolute Gasteiger partial charge is 0.469 e. The van der Waals surface area contributed by atoms with E-state index in [4.69, 9.17) is 9.72 Å². The van der Waals surface area contributed by atoms with E-state index in [0.29, 0.717) is 6.54 Å². The number of carbonyl (C=O) groups excluding carboxylic acids is 1. The van der Waals surface area contributed by atoms with Gasteiger partial charge in [-0.3, -0.25) is 14.7 Å². The van der Waals surface area contributed by atoms with Crippen molar-refractivity contribution in [2.75, 3.05) is 20.2 Å². The van der Waals surface area contributed by atoms with Crippen molar-refractivity contribution in [2.24, 2.45) is 5.92 Å². The molecule has 2 heterocycles. The van der Waals surface area contributed by atoms with Crippen LogP contribution in [0, 0.1) is 12.8 Å². The van der Waals surface area contributed by atoms with E-state index in [9.17, 15) is 4.79 Å². The molecule has 1 saturated heterocycles. The fraction of sp³-hybridized carbons (Fsp3) is 0.419. The minimum absolute atomic E-state index is 0.0785. The lowest BCUT2D eigenvalue weighted by molar-refractivity contribution is -0.145. The van der Waals surface area contributed by atoms with Gasteiger partial charge in [0.15, 0.2) is 0 Å². The molecule has 1 fully saturated rings. The first-order valence-corrected chi connectivity index (χ1v) is 13.0. The highest BCUT2D eigenvalue weighted by atomic mass is 16.5. The molecule has 0 bridgehead atoms. The summed E-state index contributed by atoms with van der Waals surface area (Å²) in [5.74, 6) is -0.232. The molecule has 0 N–H and O–H groups in total. The molecule has 1 aliphatic heterocycles. The van der Waals surface area contributed by atoms with E-state index in [-0.39, 0.29) is 17.8 Å². The Morgan fingerprint density at radius 1 is 0.943 bits per heavy atom. The number of benzene rings is 2. The maximum absolute atomic E-state index is 12.9. The normalized spacial score (nSPS) is 18.1. The molecule has 4 rings (SSSR count). The zero-order chi connectivity index (χ0) is 24.9. The van der Waals surface area contributed by atoms with E-state index in [0.717, 1.165) is 43.7 Å². The molecule has 2 atom stereocenters. The second-order valence-electron chi connectivity index (χ2n) is 9.59. The Morgan fingerprint density at radius 2 is 1.60 bits per heavy atom. The Morgan fingerprint density at radius 3 is 2.20 bits per heavy atom. The zero-order valence-corrected chi connectivity index (χ0v) is 21.8. The molecular weight excluding hydrogens is 432 g/mol. The fourth-order valence-corrected chi connectivity index (χ4v) is 5.79. The molecule has 0 saturated carbocycles. The van der Waals surface area contributed by atoms with Crippen LogP contribution >= 0.6 is 0 Å². The Balaban J connectivity index is 1.75. The highest BCUT2D eigenvalue weighted by molar-refractivity contribution is 5.75. The molecule has 0 radical (unpaired) electrons. The molecule has 4 heteroatoms. The van der Waals surface area contributed by atoms with Crippen molar-refractivity contribution in [3.63, 3.8) is 0 Å². The van der Waals surface area contributed by atoms with Crippen molar-refractivity contribution >= 4 is 5.97 Å². The number of hydrogen-bond donors (Lipinski definition) is 0. The molecule has 35 heavy (non-hydrogen) atoms. The van der Waals surface area contributed by atoms with E-state index < -0.39 is 0 Å². The lowest BCUT2D eigenvalue weighted by Gasteiger charge is -2.23. The van der Waals surface area contributed by atoms with Crippen molar-refractivity contribution in [2.45, 2.75) is 59.4 Å². The first-order chi connectivity index (χ1) is 17.0. The van der Waals surface area contributed by atoms with E-state index in [2.05, 4.69) is 81.1 Å². The zero-order valence-electron chi connectivity index (χ0n) is 21.8. The molecule has 184 valence electrons. The predicted molar refractivity (Wildman–Crippen MR) is 143 cm³/mol. The first-order valence-electron chi connectivity index (χ1n) is 13.0. The molecule has 0 amide bonds. The number of methoxy groups -OCH3 is 1. The average molecular weight is 471 g/mol. The van der Waals surface area contributed by atoms with Crippen molar-refractivity contribution in [1.29, 1.82) is 0 Å². The smallest absolute Gasteiger partial charge is 0.310 e. The number of rotatable bonds is 8. The highest BCUT2D eigenvalue weighted by Gasteiger charge is 2.41. The topological polar surface area (TPSA) is 42.4 Å². The summed E-state index contributed by atoms with van der Waals surface area (Å²) >= 11 is 0. The van der Waals surface area contributed by atoms with Crippen LogP contribution in [-0.2, 0) is 35.3 Å². The molecule has 2 unspecified atom stereocenters. The molecule has 0 aliphatic carbocycles. The van der Waals surface area contributed by atoms with Gasteiger partial charge in [0.1, 0.15) is 0 Å². The third-order valence-corrected chi connectivity index (χ3v) is 7.49. The van der Waals surface area contributed by atoms with Gasteiger partial charge in [-0.2, -0.15) is 0 Å². The maximum atomic E-state index is 12.9. The minimum Gasteiger partial charge on any atom is -0.469 e. The van der Waals surface area contributed by atoms with Crippen LogP contribution in [0.5, 0.6) is 0 Å². The van der Waals surface area contributed by atoms with Crippen molar-refractivity contribution in [1.82, 2.24) is 9.88 Å².